The summed E-state index contributed by atoms with van der Waals surface area (Å²) >= 11 is 0. The van der Waals surface area contributed by atoms with Crippen molar-refractivity contribution in [3.8, 4) is 0 Å². The molecule has 0 aliphatic heterocycles. The van der Waals surface area contributed by atoms with Crippen molar-refractivity contribution >= 4 is 5.97 Å². The first-order chi connectivity index (χ1) is 7.53. The van der Waals surface area contributed by atoms with Crippen molar-refractivity contribution in [2.75, 3.05) is 0 Å². The van der Waals surface area contributed by atoms with Gasteiger partial charge in [-0.1, -0.05) is 37.3 Å². The molecule has 0 amide bonds. The molecule has 1 unspecified atom stereocenters. The summed E-state index contributed by atoms with van der Waals surface area (Å²) in [4.78, 5) is 11.5. The van der Waals surface area contributed by atoms with E-state index in [1.54, 1.807) is 0 Å². The van der Waals surface area contributed by atoms with Crippen LogP contribution in [0.25, 0.3) is 0 Å². The highest BCUT2D eigenvalue weighted by Gasteiger charge is 2.38. The van der Waals surface area contributed by atoms with Gasteiger partial charge in [-0.05, 0) is 25.8 Å². The summed E-state index contributed by atoms with van der Waals surface area (Å²) in [5, 5.41) is 12.6. The first kappa shape index (κ1) is 12.7. The van der Waals surface area contributed by atoms with E-state index in [9.17, 15) is 9.90 Å². The summed E-state index contributed by atoms with van der Waals surface area (Å²) in [6.07, 6.45) is 0.518. The quantitative estimate of drug-likeness (QED) is 0.802. The van der Waals surface area contributed by atoms with Gasteiger partial charge < -0.3 is 5.11 Å². The third-order valence-electron chi connectivity index (χ3n) is 2.70. The van der Waals surface area contributed by atoms with Crippen LogP contribution in [-0.2, 0) is 10.3 Å². The van der Waals surface area contributed by atoms with Crippen LogP contribution in [0.3, 0.4) is 0 Å². The molecule has 0 bridgehead atoms. The Morgan fingerprint density at radius 1 is 1.38 bits per heavy atom. The number of hydrogen-bond acceptors (Lipinski definition) is 2. The Morgan fingerprint density at radius 2 is 1.94 bits per heavy atom. The van der Waals surface area contributed by atoms with Gasteiger partial charge in [0.25, 0.3) is 0 Å². The van der Waals surface area contributed by atoms with Gasteiger partial charge in [-0.25, -0.2) is 4.79 Å². The van der Waals surface area contributed by atoms with Crippen LogP contribution < -0.4 is 5.32 Å². The van der Waals surface area contributed by atoms with Gasteiger partial charge in [0, 0.05) is 6.04 Å². The number of carboxylic acid groups (broad SMARTS) is 1. The highest BCUT2D eigenvalue weighted by molar-refractivity contribution is 5.80. The number of benzene rings is 1. The lowest BCUT2D eigenvalue weighted by molar-refractivity contribution is -0.146. The van der Waals surface area contributed by atoms with Gasteiger partial charge in [-0.2, -0.15) is 0 Å². The summed E-state index contributed by atoms with van der Waals surface area (Å²) < 4.78 is 0. The van der Waals surface area contributed by atoms with Crippen LogP contribution >= 0.6 is 0 Å². The fraction of sp³-hybridized carbons (Fsp3) is 0.462. The van der Waals surface area contributed by atoms with Crippen molar-refractivity contribution in [3.05, 3.63) is 35.9 Å². The van der Waals surface area contributed by atoms with Crippen molar-refractivity contribution < 1.29 is 9.90 Å². The molecule has 0 spiro atoms. The predicted octanol–water partition coefficient (Wildman–Crippen LogP) is 2.37. The van der Waals surface area contributed by atoms with Gasteiger partial charge in [-0.3, -0.25) is 5.32 Å². The molecule has 88 valence electrons. The summed E-state index contributed by atoms with van der Waals surface area (Å²) in [5.41, 5.74) is -0.172. The Bertz CT molecular complexity index is 348. The first-order valence-corrected chi connectivity index (χ1v) is 5.59. The third-order valence-corrected chi connectivity index (χ3v) is 2.70. The smallest absolute Gasteiger partial charge is 0.328 e. The average Bonchev–Trinajstić information content (AvgIpc) is 2.26. The van der Waals surface area contributed by atoms with Gasteiger partial charge in [0.15, 0.2) is 0 Å². The van der Waals surface area contributed by atoms with E-state index in [0.29, 0.717) is 6.42 Å². The Labute approximate surface area is 96.5 Å². The summed E-state index contributed by atoms with van der Waals surface area (Å²) in [6, 6.07) is 9.45. The maximum absolute atomic E-state index is 11.5. The molecule has 0 radical (unpaired) electrons. The van der Waals surface area contributed by atoms with E-state index in [1.165, 1.54) is 0 Å². The predicted molar refractivity (Wildman–Crippen MR) is 64.3 cm³/mol. The lowest BCUT2D eigenvalue weighted by atomic mass is 9.86. The van der Waals surface area contributed by atoms with Gasteiger partial charge in [0.1, 0.15) is 5.54 Å². The molecule has 0 heterocycles. The zero-order valence-electron chi connectivity index (χ0n) is 10.0. The molecule has 3 nitrogen and oxygen atoms in total. The van der Waals surface area contributed by atoms with Gasteiger partial charge in [0.05, 0.1) is 0 Å². The topological polar surface area (TPSA) is 49.3 Å². The molecule has 0 aliphatic rings. The molecule has 1 aromatic rings. The number of carboxylic acids is 1. The monoisotopic (exact) mass is 221 g/mol. The maximum atomic E-state index is 11.5. The molecule has 3 heteroatoms. The zero-order valence-corrected chi connectivity index (χ0v) is 10.0. The lowest BCUT2D eigenvalue weighted by Gasteiger charge is -2.32. The van der Waals surface area contributed by atoms with Crippen LogP contribution in [-0.4, -0.2) is 17.1 Å². The minimum Gasteiger partial charge on any atom is -0.480 e. The number of carbonyl (C=O) groups is 1. The molecule has 0 saturated heterocycles. The Balaban J connectivity index is 3.18. The van der Waals surface area contributed by atoms with Crippen LogP contribution in [0.2, 0.25) is 0 Å². The van der Waals surface area contributed by atoms with Crippen LogP contribution in [0.4, 0.5) is 0 Å². The van der Waals surface area contributed by atoms with E-state index in [2.05, 4.69) is 5.32 Å². The summed E-state index contributed by atoms with van der Waals surface area (Å²) in [6.45, 7) is 5.79. The summed E-state index contributed by atoms with van der Waals surface area (Å²) in [5.74, 6) is -0.824. The van der Waals surface area contributed by atoms with Crippen molar-refractivity contribution in [2.24, 2.45) is 0 Å². The molecule has 0 fully saturated rings. The number of hydrogen-bond donors (Lipinski definition) is 2. The molecule has 1 rings (SSSR count). The highest BCUT2D eigenvalue weighted by atomic mass is 16.4. The molecule has 0 aliphatic carbocycles. The van der Waals surface area contributed by atoms with Crippen LogP contribution in [0.1, 0.15) is 32.8 Å². The Hall–Kier alpha value is -1.35. The molecule has 0 saturated carbocycles. The number of nitrogens with one attached hydrogen (secondary N) is 1. The van der Waals surface area contributed by atoms with E-state index >= 15 is 0 Å². The fourth-order valence-corrected chi connectivity index (χ4v) is 1.94. The maximum Gasteiger partial charge on any atom is 0.328 e. The van der Waals surface area contributed by atoms with Crippen molar-refractivity contribution in [1.29, 1.82) is 0 Å². The number of rotatable bonds is 5. The highest BCUT2D eigenvalue weighted by Crippen LogP contribution is 2.26. The van der Waals surface area contributed by atoms with E-state index in [-0.39, 0.29) is 6.04 Å². The third kappa shape index (κ3) is 2.42. The van der Waals surface area contributed by atoms with E-state index in [1.807, 2.05) is 51.1 Å². The molecular weight excluding hydrogens is 202 g/mol. The van der Waals surface area contributed by atoms with Crippen molar-refractivity contribution in [2.45, 2.75) is 38.8 Å². The molecule has 16 heavy (non-hydrogen) atoms. The van der Waals surface area contributed by atoms with E-state index in [4.69, 9.17) is 0 Å². The van der Waals surface area contributed by atoms with Gasteiger partial charge in [-0.15, -0.1) is 0 Å². The molecule has 1 atom stereocenters. The molecule has 1 aromatic carbocycles. The van der Waals surface area contributed by atoms with E-state index < -0.39 is 11.5 Å². The second-order valence-electron chi connectivity index (χ2n) is 4.23. The Kier molecular flexibility index (Phi) is 4.07. The minimum absolute atomic E-state index is 0.122. The molecule has 2 N–H and O–H groups in total. The second-order valence-corrected chi connectivity index (χ2v) is 4.23. The Morgan fingerprint density at radius 3 is 2.31 bits per heavy atom. The fourth-order valence-electron chi connectivity index (χ4n) is 1.94. The first-order valence-electron chi connectivity index (χ1n) is 5.59. The second kappa shape index (κ2) is 5.12. The normalized spacial score (nSPS) is 14.8. The molecule has 0 aromatic heterocycles. The zero-order chi connectivity index (χ0) is 12.2. The van der Waals surface area contributed by atoms with Crippen LogP contribution in [0.5, 0.6) is 0 Å². The van der Waals surface area contributed by atoms with Crippen LogP contribution in [0, 0.1) is 0 Å². The van der Waals surface area contributed by atoms with Crippen molar-refractivity contribution in [1.82, 2.24) is 5.32 Å². The largest absolute Gasteiger partial charge is 0.480 e. The molecular formula is C13H19NO2. The van der Waals surface area contributed by atoms with Gasteiger partial charge in [0.2, 0.25) is 0 Å². The van der Waals surface area contributed by atoms with Gasteiger partial charge >= 0.3 is 5.97 Å². The SMILES string of the molecule is CCC(NC(C)C)(C(=O)O)c1ccccc1. The summed E-state index contributed by atoms with van der Waals surface area (Å²) in [7, 11) is 0. The minimum atomic E-state index is -0.977. The van der Waals surface area contributed by atoms with E-state index in [0.717, 1.165) is 5.56 Å². The lowest BCUT2D eigenvalue weighted by Crippen LogP contribution is -2.51. The standard InChI is InChI=1S/C13H19NO2/c1-4-13(12(15)16,14-10(2)3)11-8-6-5-7-9-11/h5-10,14H,4H2,1-3H3,(H,15,16). The van der Waals surface area contributed by atoms with Crippen LogP contribution in [0.15, 0.2) is 30.3 Å². The van der Waals surface area contributed by atoms with Crippen molar-refractivity contribution in [3.63, 3.8) is 0 Å². The average molecular weight is 221 g/mol. The number of aliphatic carboxylic acids is 1.